The molecule has 0 unspecified atom stereocenters. The van der Waals surface area contributed by atoms with Crippen LogP contribution in [0.5, 0.6) is 23.0 Å². The van der Waals surface area contributed by atoms with Gasteiger partial charge in [-0.05, 0) is 35.4 Å². The predicted molar refractivity (Wildman–Crippen MR) is 126 cm³/mol. The molecule has 3 aromatic rings. The molecular formula is C26H26N2O5. The lowest BCUT2D eigenvalue weighted by Crippen LogP contribution is -2.27. The molecule has 3 aromatic carbocycles. The fourth-order valence-corrected chi connectivity index (χ4v) is 3.93. The van der Waals surface area contributed by atoms with Crippen LogP contribution in [0.1, 0.15) is 33.9 Å². The van der Waals surface area contributed by atoms with E-state index in [-0.39, 0.29) is 11.9 Å². The van der Waals surface area contributed by atoms with Crippen LogP contribution in [0, 0.1) is 0 Å². The van der Waals surface area contributed by atoms with E-state index in [2.05, 4.69) is 0 Å². The Morgan fingerprint density at radius 1 is 0.848 bits per heavy atom. The smallest absolute Gasteiger partial charge is 0.274 e. The lowest BCUT2D eigenvalue weighted by Gasteiger charge is -2.23. The van der Waals surface area contributed by atoms with Crippen molar-refractivity contribution in [2.75, 3.05) is 28.4 Å². The number of benzene rings is 3. The minimum absolute atomic E-state index is 0.263. The van der Waals surface area contributed by atoms with Crippen molar-refractivity contribution in [1.82, 2.24) is 5.01 Å². The van der Waals surface area contributed by atoms with Gasteiger partial charge in [0.2, 0.25) is 5.75 Å². The summed E-state index contributed by atoms with van der Waals surface area (Å²) < 4.78 is 21.5. The standard InChI is InChI=1S/C26H26N2O5/c1-30-20-12-10-18(11-13-20)22-16-21(17-8-6-5-7-9-17)27-28(22)26(29)19-14-23(31-2)25(33-4)24(15-19)32-3/h5-15,22H,16H2,1-4H3/t22-/m0/s1. The Morgan fingerprint density at radius 3 is 2.03 bits per heavy atom. The molecule has 4 rings (SSSR count). The van der Waals surface area contributed by atoms with E-state index in [9.17, 15) is 4.79 Å². The summed E-state index contributed by atoms with van der Waals surface area (Å²) in [6.45, 7) is 0. The van der Waals surface area contributed by atoms with Gasteiger partial charge in [0.1, 0.15) is 5.75 Å². The van der Waals surface area contributed by atoms with Gasteiger partial charge >= 0.3 is 0 Å². The molecule has 0 fully saturated rings. The quantitative estimate of drug-likeness (QED) is 0.526. The summed E-state index contributed by atoms with van der Waals surface area (Å²) in [6, 6.07) is 20.6. The van der Waals surface area contributed by atoms with Crippen molar-refractivity contribution in [3.63, 3.8) is 0 Å². The Morgan fingerprint density at radius 2 is 1.48 bits per heavy atom. The van der Waals surface area contributed by atoms with Gasteiger partial charge in [-0.2, -0.15) is 5.10 Å². The van der Waals surface area contributed by atoms with Crippen molar-refractivity contribution in [3.8, 4) is 23.0 Å². The van der Waals surface area contributed by atoms with Gasteiger partial charge in [0.25, 0.3) is 5.91 Å². The van der Waals surface area contributed by atoms with Crippen LogP contribution in [-0.2, 0) is 0 Å². The summed E-state index contributed by atoms with van der Waals surface area (Å²) >= 11 is 0. The van der Waals surface area contributed by atoms with E-state index in [1.807, 2.05) is 54.6 Å². The number of hydrogen-bond acceptors (Lipinski definition) is 6. The summed E-state index contributed by atoms with van der Waals surface area (Å²) in [7, 11) is 6.19. The molecule has 1 aliphatic rings. The average Bonchev–Trinajstić information content (AvgIpc) is 3.33. The molecule has 7 nitrogen and oxygen atoms in total. The van der Waals surface area contributed by atoms with Crippen molar-refractivity contribution < 1.29 is 23.7 Å². The van der Waals surface area contributed by atoms with Crippen LogP contribution in [0.25, 0.3) is 0 Å². The minimum Gasteiger partial charge on any atom is -0.497 e. The number of rotatable bonds is 7. The average molecular weight is 447 g/mol. The molecule has 0 bridgehead atoms. The Balaban J connectivity index is 1.76. The summed E-state index contributed by atoms with van der Waals surface area (Å²) in [5.41, 5.74) is 3.18. The van der Waals surface area contributed by atoms with Crippen LogP contribution in [0.2, 0.25) is 0 Å². The largest absolute Gasteiger partial charge is 0.497 e. The predicted octanol–water partition coefficient (Wildman–Crippen LogP) is 4.71. The summed E-state index contributed by atoms with van der Waals surface area (Å²) in [5, 5.41) is 6.28. The summed E-state index contributed by atoms with van der Waals surface area (Å²) in [4.78, 5) is 13.7. The second-order valence-corrected chi connectivity index (χ2v) is 7.47. The molecule has 0 spiro atoms. The van der Waals surface area contributed by atoms with Crippen LogP contribution >= 0.6 is 0 Å². The highest BCUT2D eigenvalue weighted by molar-refractivity contribution is 6.05. The first-order chi connectivity index (χ1) is 16.1. The van der Waals surface area contributed by atoms with Crippen molar-refractivity contribution in [1.29, 1.82) is 0 Å². The van der Waals surface area contributed by atoms with Gasteiger partial charge in [-0.15, -0.1) is 0 Å². The number of nitrogens with zero attached hydrogens (tertiary/aromatic N) is 2. The second-order valence-electron chi connectivity index (χ2n) is 7.47. The molecule has 7 heteroatoms. The van der Waals surface area contributed by atoms with Gasteiger partial charge in [0.15, 0.2) is 11.5 Å². The molecular weight excluding hydrogens is 420 g/mol. The first-order valence-corrected chi connectivity index (χ1v) is 10.5. The Labute approximate surface area is 193 Å². The van der Waals surface area contributed by atoms with Crippen LogP contribution in [0.4, 0.5) is 0 Å². The number of carbonyl (C=O) groups is 1. The fraction of sp³-hybridized carbons (Fsp3) is 0.231. The molecule has 0 saturated carbocycles. The zero-order chi connectivity index (χ0) is 23.4. The molecule has 0 radical (unpaired) electrons. The lowest BCUT2D eigenvalue weighted by atomic mass is 9.98. The van der Waals surface area contributed by atoms with E-state index < -0.39 is 0 Å². The van der Waals surface area contributed by atoms with E-state index in [0.29, 0.717) is 29.2 Å². The third-order valence-electron chi connectivity index (χ3n) is 5.64. The van der Waals surface area contributed by atoms with E-state index in [0.717, 1.165) is 22.6 Å². The first kappa shape index (κ1) is 22.2. The van der Waals surface area contributed by atoms with E-state index in [1.165, 1.54) is 26.3 Å². The summed E-state index contributed by atoms with van der Waals surface area (Å²) in [5.74, 6) is 1.74. The van der Waals surface area contributed by atoms with E-state index >= 15 is 0 Å². The minimum atomic E-state index is -0.266. The maximum absolute atomic E-state index is 13.7. The van der Waals surface area contributed by atoms with E-state index in [1.54, 1.807) is 19.2 Å². The zero-order valence-electron chi connectivity index (χ0n) is 19.1. The number of methoxy groups -OCH3 is 4. The number of amides is 1. The molecule has 0 saturated heterocycles. The normalized spacial score (nSPS) is 15.1. The highest BCUT2D eigenvalue weighted by Crippen LogP contribution is 2.40. The van der Waals surface area contributed by atoms with E-state index in [4.69, 9.17) is 24.0 Å². The van der Waals surface area contributed by atoms with Gasteiger partial charge < -0.3 is 18.9 Å². The Bertz CT molecular complexity index is 1130. The molecule has 1 atom stereocenters. The monoisotopic (exact) mass is 446 g/mol. The SMILES string of the molecule is COc1ccc([C@@H]2CC(c3ccccc3)=NN2C(=O)c2cc(OC)c(OC)c(OC)c2)cc1. The van der Waals surface area contributed by atoms with Crippen molar-refractivity contribution in [2.24, 2.45) is 5.10 Å². The van der Waals surface area contributed by atoms with Crippen molar-refractivity contribution >= 4 is 11.6 Å². The highest BCUT2D eigenvalue weighted by Gasteiger charge is 2.34. The molecule has 0 N–H and O–H groups in total. The third kappa shape index (κ3) is 4.35. The van der Waals surface area contributed by atoms with Gasteiger partial charge in [-0.1, -0.05) is 42.5 Å². The van der Waals surface area contributed by atoms with Crippen LogP contribution < -0.4 is 18.9 Å². The van der Waals surface area contributed by atoms with Gasteiger partial charge in [-0.3, -0.25) is 4.79 Å². The second kappa shape index (κ2) is 9.65. The van der Waals surface area contributed by atoms with Crippen LogP contribution in [-0.4, -0.2) is 45.1 Å². The van der Waals surface area contributed by atoms with Gasteiger partial charge in [0, 0.05) is 12.0 Å². The maximum atomic E-state index is 13.7. The molecule has 1 amide bonds. The topological polar surface area (TPSA) is 69.6 Å². The molecule has 0 aliphatic carbocycles. The molecule has 33 heavy (non-hydrogen) atoms. The molecule has 0 aromatic heterocycles. The molecule has 1 aliphatic heterocycles. The van der Waals surface area contributed by atoms with Crippen LogP contribution in [0.3, 0.4) is 0 Å². The first-order valence-electron chi connectivity index (χ1n) is 10.5. The Hall–Kier alpha value is -4.00. The zero-order valence-corrected chi connectivity index (χ0v) is 19.1. The van der Waals surface area contributed by atoms with Gasteiger partial charge in [0.05, 0.1) is 40.2 Å². The lowest BCUT2D eigenvalue weighted by molar-refractivity contribution is 0.0710. The number of hydrogen-bond donors (Lipinski definition) is 0. The summed E-state index contributed by atoms with van der Waals surface area (Å²) in [6.07, 6.45) is 0.590. The van der Waals surface area contributed by atoms with Crippen molar-refractivity contribution in [3.05, 3.63) is 83.4 Å². The fourth-order valence-electron chi connectivity index (χ4n) is 3.93. The number of ether oxygens (including phenoxy) is 4. The third-order valence-corrected chi connectivity index (χ3v) is 5.64. The highest BCUT2D eigenvalue weighted by atomic mass is 16.5. The van der Waals surface area contributed by atoms with Gasteiger partial charge in [-0.25, -0.2) is 5.01 Å². The Kier molecular flexibility index (Phi) is 6.49. The van der Waals surface area contributed by atoms with Crippen molar-refractivity contribution in [2.45, 2.75) is 12.5 Å². The maximum Gasteiger partial charge on any atom is 0.274 e. The molecule has 170 valence electrons. The number of carbonyl (C=O) groups excluding carboxylic acids is 1. The number of hydrazone groups is 1. The van der Waals surface area contributed by atoms with Crippen LogP contribution in [0.15, 0.2) is 71.8 Å². The molecule has 1 heterocycles.